The second kappa shape index (κ2) is 12.5. The number of piperidine rings is 1. The number of pyridine rings is 2. The quantitative estimate of drug-likeness (QED) is 0.313. The summed E-state index contributed by atoms with van der Waals surface area (Å²) in [6, 6.07) is 12.8. The highest BCUT2D eigenvalue weighted by Crippen LogP contribution is 2.38. The third-order valence-corrected chi connectivity index (χ3v) is 6.78. The van der Waals surface area contributed by atoms with Crippen LogP contribution < -0.4 is 0 Å². The van der Waals surface area contributed by atoms with Gasteiger partial charge in [-0.2, -0.15) is 0 Å². The minimum atomic E-state index is 0. The van der Waals surface area contributed by atoms with E-state index in [1.165, 1.54) is 39.1 Å². The molecule has 176 valence electrons. The Bertz CT molecular complexity index is 1130. The Hall–Kier alpha value is -1.14. The minimum absolute atomic E-state index is 0. The van der Waals surface area contributed by atoms with E-state index in [9.17, 15) is 0 Å². The number of halogens is 5. The van der Waals surface area contributed by atoms with E-state index in [-0.39, 0.29) is 37.2 Å². The number of aryl methyl sites for hydroxylation is 2. The van der Waals surface area contributed by atoms with E-state index in [1.54, 1.807) is 0 Å². The van der Waals surface area contributed by atoms with Crippen molar-refractivity contribution in [2.24, 2.45) is 0 Å². The maximum atomic E-state index is 6.34. The van der Waals surface area contributed by atoms with Gasteiger partial charge in [0, 0.05) is 53.3 Å². The highest BCUT2D eigenvalue weighted by molar-refractivity contribution is 9.10. The van der Waals surface area contributed by atoms with Crippen LogP contribution >= 0.6 is 64.8 Å². The van der Waals surface area contributed by atoms with E-state index in [0.717, 1.165) is 54.8 Å². The molecule has 1 aliphatic heterocycles. The number of hydrogen-bond acceptors (Lipinski definition) is 3. The fraction of sp³-hybridized carbons (Fsp3) is 0.280. The lowest BCUT2D eigenvalue weighted by Crippen LogP contribution is -2.30. The highest BCUT2D eigenvalue weighted by atomic mass is 79.9. The van der Waals surface area contributed by atoms with Crippen molar-refractivity contribution >= 4 is 70.3 Å². The lowest BCUT2D eigenvalue weighted by Gasteiger charge is -2.30. The van der Waals surface area contributed by atoms with Gasteiger partial charge in [0.15, 0.2) is 0 Å². The SMILES string of the molecule is Cl.Cl.Cl.Clc1ccc2c(c1)CCc1cccnc1C2=C1CCN(Cc2cncc(Br)c2)CC1. The van der Waals surface area contributed by atoms with E-state index in [2.05, 4.69) is 56.1 Å². The molecule has 1 saturated heterocycles. The fourth-order valence-electron chi connectivity index (χ4n) is 4.66. The van der Waals surface area contributed by atoms with Crippen molar-refractivity contribution in [1.82, 2.24) is 14.9 Å². The van der Waals surface area contributed by atoms with Crippen molar-refractivity contribution in [1.29, 1.82) is 0 Å². The van der Waals surface area contributed by atoms with Crippen LogP contribution in [0.25, 0.3) is 5.57 Å². The van der Waals surface area contributed by atoms with Crippen LogP contribution in [-0.2, 0) is 19.4 Å². The van der Waals surface area contributed by atoms with Gasteiger partial charge in [0.25, 0.3) is 0 Å². The molecule has 3 nitrogen and oxygen atoms in total. The lowest BCUT2D eigenvalue weighted by molar-refractivity contribution is 0.248. The van der Waals surface area contributed by atoms with Crippen molar-refractivity contribution < 1.29 is 0 Å². The molecule has 0 bridgehead atoms. The van der Waals surface area contributed by atoms with Gasteiger partial charge < -0.3 is 0 Å². The summed E-state index contributed by atoms with van der Waals surface area (Å²) < 4.78 is 1.04. The molecule has 0 radical (unpaired) electrons. The molecule has 8 heteroatoms. The van der Waals surface area contributed by atoms with Gasteiger partial charge in [-0.25, -0.2) is 0 Å². The van der Waals surface area contributed by atoms with Crippen LogP contribution in [0.15, 0.2) is 65.0 Å². The number of hydrogen-bond donors (Lipinski definition) is 0. The molecule has 2 aliphatic rings. The van der Waals surface area contributed by atoms with E-state index in [1.807, 2.05) is 24.7 Å². The Morgan fingerprint density at radius 2 is 1.67 bits per heavy atom. The molecule has 5 rings (SSSR count). The van der Waals surface area contributed by atoms with Crippen LogP contribution in [0, 0.1) is 0 Å². The molecule has 0 saturated carbocycles. The second-order valence-corrected chi connectivity index (χ2v) is 9.43. The van der Waals surface area contributed by atoms with Crippen LogP contribution in [0.5, 0.6) is 0 Å². The summed E-state index contributed by atoms with van der Waals surface area (Å²) in [7, 11) is 0. The van der Waals surface area contributed by atoms with Crippen molar-refractivity contribution in [2.75, 3.05) is 13.1 Å². The van der Waals surface area contributed by atoms with Gasteiger partial charge in [0.05, 0.1) is 5.69 Å². The van der Waals surface area contributed by atoms with Crippen molar-refractivity contribution in [3.63, 3.8) is 0 Å². The van der Waals surface area contributed by atoms with Crippen LogP contribution in [-0.4, -0.2) is 28.0 Å². The summed E-state index contributed by atoms with van der Waals surface area (Å²) >= 11 is 9.86. The summed E-state index contributed by atoms with van der Waals surface area (Å²) in [5, 5.41) is 0.814. The Morgan fingerprint density at radius 1 is 0.909 bits per heavy atom. The van der Waals surface area contributed by atoms with E-state index < -0.39 is 0 Å². The molecule has 3 heterocycles. The number of nitrogens with zero attached hydrogens (tertiary/aromatic N) is 3. The smallest absolute Gasteiger partial charge is 0.0739 e. The fourth-order valence-corrected chi connectivity index (χ4v) is 5.27. The number of likely N-dealkylation sites (tertiary alicyclic amines) is 1. The normalized spacial score (nSPS) is 15.2. The third kappa shape index (κ3) is 6.30. The molecule has 0 amide bonds. The first-order valence-electron chi connectivity index (χ1n) is 10.4. The Labute approximate surface area is 227 Å². The van der Waals surface area contributed by atoms with Crippen LogP contribution in [0.4, 0.5) is 0 Å². The average Bonchev–Trinajstić information content (AvgIpc) is 2.91. The third-order valence-electron chi connectivity index (χ3n) is 6.11. The first-order valence-corrected chi connectivity index (χ1v) is 11.6. The molecule has 1 aliphatic carbocycles. The summed E-state index contributed by atoms with van der Waals surface area (Å²) in [6.07, 6.45) is 9.87. The van der Waals surface area contributed by atoms with Gasteiger partial charge >= 0.3 is 0 Å². The summed E-state index contributed by atoms with van der Waals surface area (Å²) in [5.41, 5.74) is 9.28. The molecule has 3 aromatic rings. The van der Waals surface area contributed by atoms with Crippen molar-refractivity contribution in [3.8, 4) is 0 Å². The van der Waals surface area contributed by atoms with Crippen molar-refractivity contribution in [3.05, 3.63) is 98.0 Å². The molecule has 33 heavy (non-hydrogen) atoms. The maximum Gasteiger partial charge on any atom is 0.0739 e. The van der Waals surface area contributed by atoms with Gasteiger partial charge in [-0.15, -0.1) is 37.2 Å². The standard InChI is InChI=1S/C25H23BrClN3.3ClH/c26-21-12-17(14-28-15-21)16-30-10-7-18(8-11-30)24-23-6-5-22(27)13-20(23)4-3-19-2-1-9-29-25(19)24;;;/h1-2,5-6,9,12-15H,3-4,7-8,10-11,16H2;3*1H. The Balaban J connectivity index is 0.00000128. The lowest BCUT2D eigenvalue weighted by atomic mass is 9.88. The van der Waals surface area contributed by atoms with Gasteiger partial charge in [-0.3, -0.25) is 14.9 Å². The van der Waals surface area contributed by atoms with Crippen LogP contribution in [0.3, 0.4) is 0 Å². The molecule has 0 N–H and O–H groups in total. The van der Waals surface area contributed by atoms with Gasteiger partial charge in [0.1, 0.15) is 0 Å². The maximum absolute atomic E-state index is 6.34. The van der Waals surface area contributed by atoms with Crippen molar-refractivity contribution in [2.45, 2.75) is 32.2 Å². The first-order chi connectivity index (χ1) is 14.7. The number of aromatic nitrogens is 2. The Kier molecular flexibility index (Phi) is 10.7. The first kappa shape index (κ1) is 28.1. The summed E-state index contributed by atoms with van der Waals surface area (Å²) in [4.78, 5) is 11.7. The molecule has 0 atom stereocenters. The minimum Gasteiger partial charge on any atom is -0.298 e. The summed E-state index contributed by atoms with van der Waals surface area (Å²) in [6.45, 7) is 3.04. The molecule has 1 aromatic carbocycles. The molecule has 2 aromatic heterocycles. The highest BCUT2D eigenvalue weighted by Gasteiger charge is 2.25. The second-order valence-electron chi connectivity index (χ2n) is 8.08. The van der Waals surface area contributed by atoms with E-state index >= 15 is 0 Å². The number of benzene rings is 1. The zero-order valence-electron chi connectivity index (χ0n) is 18.0. The van der Waals surface area contributed by atoms with E-state index in [0.29, 0.717) is 0 Å². The summed E-state index contributed by atoms with van der Waals surface area (Å²) in [5.74, 6) is 0. The molecular weight excluding hydrogens is 564 g/mol. The predicted octanol–water partition coefficient (Wildman–Crippen LogP) is 7.35. The molecule has 0 unspecified atom stereocenters. The molecular formula is C25H26BrCl4N3. The topological polar surface area (TPSA) is 29.0 Å². The Morgan fingerprint density at radius 3 is 2.42 bits per heavy atom. The molecule has 0 spiro atoms. The molecule has 1 fully saturated rings. The number of fused-ring (bicyclic) bond motifs is 2. The zero-order valence-corrected chi connectivity index (χ0v) is 22.8. The average molecular weight is 590 g/mol. The largest absolute Gasteiger partial charge is 0.298 e. The van der Waals surface area contributed by atoms with Crippen LogP contribution in [0.1, 0.15) is 40.8 Å². The monoisotopic (exact) mass is 587 g/mol. The van der Waals surface area contributed by atoms with Gasteiger partial charge in [-0.1, -0.05) is 29.3 Å². The van der Waals surface area contributed by atoms with Gasteiger partial charge in [-0.05, 0) is 88.1 Å². The van der Waals surface area contributed by atoms with Crippen LogP contribution in [0.2, 0.25) is 5.02 Å². The zero-order chi connectivity index (χ0) is 20.5. The number of rotatable bonds is 2. The van der Waals surface area contributed by atoms with E-state index in [4.69, 9.17) is 16.6 Å². The predicted molar refractivity (Wildman–Crippen MR) is 147 cm³/mol. The van der Waals surface area contributed by atoms with Gasteiger partial charge in [0.2, 0.25) is 0 Å².